The summed E-state index contributed by atoms with van der Waals surface area (Å²) < 4.78 is 15.8. The minimum absolute atomic E-state index is 0.141. The highest BCUT2D eigenvalue weighted by Gasteiger charge is 2.17. The van der Waals surface area contributed by atoms with Crippen molar-refractivity contribution in [2.75, 3.05) is 7.05 Å². The van der Waals surface area contributed by atoms with E-state index >= 15 is 0 Å². The van der Waals surface area contributed by atoms with Gasteiger partial charge < -0.3 is 5.32 Å². The molecule has 1 nitrogen and oxygen atoms in total. The summed E-state index contributed by atoms with van der Waals surface area (Å²) >= 11 is 5.49. The van der Waals surface area contributed by atoms with Crippen molar-refractivity contribution in [2.24, 2.45) is 0 Å². The number of rotatable bonds is 3. The van der Waals surface area contributed by atoms with Crippen LogP contribution >= 0.6 is 38.5 Å². The fraction of sp³-hybridized carbons (Fsp3) is 0.143. The molecule has 1 unspecified atom stereocenters. The van der Waals surface area contributed by atoms with Crippen molar-refractivity contribution in [1.29, 1.82) is 0 Å². The Morgan fingerprint density at radius 1 is 1.22 bits per heavy atom. The molecule has 1 N–H and O–H groups in total. The summed E-state index contributed by atoms with van der Waals surface area (Å²) in [7, 11) is 1.84. The monoisotopic (exact) mass is 419 g/mol. The minimum atomic E-state index is -0.212. The van der Waals surface area contributed by atoms with Crippen LogP contribution in [0.5, 0.6) is 0 Å². The molecule has 18 heavy (non-hydrogen) atoms. The zero-order valence-corrected chi connectivity index (χ0v) is 13.5. The van der Waals surface area contributed by atoms with Gasteiger partial charge in [-0.05, 0) is 69.3 Å². The summed E-state index contributed by atoms with van der Waals surface area (Å²) in [5.74, 6) is -0.212. The van der Waals surface area contributed by atoms with E-state index in [0.717, 1.165) is 9.13 Å². The Bertz CT molecular complexity index is 559. The molecule has 2 rings (SSSR count). The lowest BCUT2D eigenvalue weighted by atomic mass is 9.98. The van der Waals surface area contributed by atoms with Crippen LogP contribution in [0.15, 0.2) is 46.9 Å². The lowest BCUT2D eigenvalue weighted by Crippen LogP contribution is -2.19. The van der Waals surface area contributed by atoms with Gasteiger partial charge in [0.25, 0.3) is 0 Å². The Kier molecular flexibility index (Phi) is 4.75. The van der Waals surface area contributed by atoms with E-state index in [-0.39, 0.29) is 11.9 Å². The summed E-state index contributed by atoms with van der Waals surface area (Å²) in [6.45, 7) is 0. The molecular weight excluding hydrogens is 408 g/mol. The number of nitrogens with one attached hydrogen (secondary N) is 1. The highest BCUT2D eigenvalue weighted by molar-refractivity contribution is 14.1. The molecule has 0 amide bonds. The third-order valence-corrected chi connectivity index (χ3v) is 4.05. The second kappa shape index (κ2) is 6.12. The van der Waals surface area contributed by atoms with Gasteiger partial charge in [0.15, 0.2) is 0 Å². The lowest BCUT2D eigenvalue weighted by Gasteiger charge is -2.18. The van der Waals surface area contributed by atoms with Crippen LogP contribution in [0.3, 0.4) is 0 Å². The Morgan fingerprint density at radius 3 is 2.61 bits per heavy atom. The maximum Gasteiger partial charge on any atom is 0.142 e. The zero-order chi connectivity index (χ0) is 13.1. The molecule has 0 spiro atoms. The van der Waals surface area contributed by atoms with Crippen LogP contribution in [0.4, 0.5) is 4.39 Å². The predicted molar refractivity (Wildman–Crippen MR) is 84.2 cm³/mol. The first kappa shape index (κ1) is 14.0. The van der Waals surface area contributed by atoms with Gasteiger partial charge >= 0.3 is 0 Å². The van der Waals surface area contributed by atoms with Crippen LogP contribution in [0.25, 0.3) is 0 Å². The molecule has 2 aromatic carbocycles. The SMILES string of the molecule is CNC(c1cccc(I)c1)c1cccc(Br)c1F. The second-order valence-corrected chi connectivity index (χ2v) is 6.02. The maximum atomic E-state index is 14.1. The van der Waals surface area contributed by atoms with Crippen LogP contribution < -0.4 is 5.32 Å². The molecular formula is C14H12BrFIN. The second-order valence-electron chi connectivity index (χ2n) is 3.92. The summed E-state index contributed by atoms with van der Waals surface area (Å²) in [4.78, 5) is 0. The number of hydrogen-bond donors (Lipinski definition) is 1. The highest BCUT2D eigenvalue weighted by atomic mass is 127. The average Bonchev–Trinajstić information content (AvgIpc) is 2.35. The summed E-state index contributed by atoms with van der Waals surface area (Å²) in [6, 6.07) is 13.3. The molecule has 0 aliphatic carbocycles. The van der Waals surface area contributed by atoms with E-state index in [1.54, 1.807) is 12.1 Å². The predicted octanol–water partition coefficient (Wildman–Crippen LogP) is 4.50. The quantitative estimate of drug-likeness (QED) is 0.722. The van der Waals surface area contributed by atoms with Gasteiger partial charge in [0, 0.05) is 9.13 Å². The van der Waals surface area contributed by atoms with Crippen LogP contribution in [-0.2, 0) is 0 Å². The van der Waals surface area contributed by atoms with E-state index in [2.05, 4.69) is 49.9 Å². The van der Waals surface area contributed by atoms with E-state index in [1.165, 1.54) is 0 Å². The number of halogens is 3. The van der Waals surface area contributed by atoms with Crippen molar-refractivity contribution in [3.05, 3.63) is 67.5 Å². The van der Waals surface area contributed by atoms with Gasteiger partial charge in [0.1, 0.15) is 5.82 Å². The van der Waals surface area contributed by atoms with Gasteiger partial charge in [-0.3, -0.25) is 0 Å². The van der Waals surface area contributed by atoms with Crippen molar-refractivity contribution >= 4 is 38.5 Å². The standard InChI is InChI=1S/C14H12BrFIN/c1-18-14(9-4-2-5-10(17)8-9)11-6-3-7-12(15)13(11)16/h2-8,14,18H,1H3. The number of hydrogen-bond acceptors (Lipinski definition) is 1. The topological polar surface area (TPSA) is 12.0 Å². The van der Waals surface area contributed by atoms with E-state index in [1.807, 2.05) is 31.3 Å². The molecule has 0 aromatic heterocycles. The molecule has 0 bridgehead atoms. The van der Waals surface area contributed by atoms with Gasteiger partial charge in [0.2, 0.25) is 0 Å². The molecule has 0 heterocycles. The van der Waals surface area contributed by atoms with Crippen molar-refractivity contribution in [3.8, 4) is 0 Å². The van der Waals surface area contributed by atoms with Crippen molar-refractivity contribution in [2.45, 2.75) is 6.04 Å². The van der Waals surface area contributed by atoms with Crippen molar-refractivity contribution in [1.82, 2.24) is 5.32 Å². The highest BCUT2D eigenvalue weighted by Crippen LogP contribution is 2.28. The first-order valence-corrected chi connectivity index (χ1v) is 7.37. The smallest absolute Gasteiger partial charge is 0.142 e. The maximum absolute atomic E-state index is 14.1. The van der Waals surface area contributed by atoms with Crippen LogP contribution in [0.1, 0.15) is 17.2 Å². The fourth-order valence-corrected chi connectivity index (χ4v) is 2.88. The summed E-state index contributed by atoms with van der Waals surface area (Å²) in [5, 5.41) is 3.17. The first-order chi connectivity index (χ1) is 8.63. The van der Waals surface area contributed by atoms with E-state index in [4.69, 9.17) is 0 Å². The molecule has 0 radical (unpaired) electrons. The molecule has 0 fully saturated rings. The van der Waals surface area contributed by atoms with Gasteiger partial charge in [-0.15, -0.1) is 0 Å². The van der Waals surface area contributed by atoms with Gasteiger partial charge in [0.05, 0.1) is 10.5 Å². The van der Waals surface area contributed by atoms with Crippen LogP contribution in [0.2, 0.25) is 0 Å². The molecule has 0 aliphatic rings. The third-order valence-electron chi connectivity index (χ3n) is 2.76. The number of benzene rings is 2. The Morgan fingerprint density at radius 2 is 1.94 bits per heavy atom. The molecule has 0 saturated carbocycles. The average molecular weight is 420 g/mol. The molecule has 1 atom stereocenters. The molecule has 4 heteroatoms. The van der Waals surface area contributed by atoms with Crippen molar-refractivity contribution < 1.29 is 4.39 Å². The normalized spacial score (nSPS) is 12.4. The molecule has 0 aliphatic heterocycles. The Balaban J connectivity index is 2.49. The van der Waals surface area contributed by atoms with E-state index in [0.29, 0.717) is 10.0 Å². The van der Waals surface area contributed by atoms with Crippen molar-refractivity contribution in [3.63, 3.8) is 0 Å². The van der Waals surface area contributed by atoms with Gasteiger partial charge in [-0.2, -0.15) is 0 Å². The van der Waals surface area contributed by atoms with Crippen LogP contribution in [0, 0.1) is 9.39 Å². The van der Waals surface area contributed by atoms with Gasteiger partial charge in [-0.25, -0.2) is 4.39 Å². The Labute approximate surface area is 128 Å². The third kappa shape index (κ3) is 2.92. The lowest BCUT2D eigenvalue weighted by molar-refractivity contribution is 0.571. The minimum Gasteiger partial charge on any atom is -0.309 e. The van der Waals surface area contributed by atoms with E-state index in [9.17, 15) is 4.39 Å². The van der Waals surface area contributed by atoms with Gasteiger partial charge in [-0.1, -0.05) is 24.3 Å². The van der Waals surface area contributed by atoms with Crippen LogP contribution in [-0.4, -0.2) is 7.05 Å². The fourth-order valence-electron chi connectivity index (χ4n) is 1.93. The van der Waals surface area contributed by atoms with E-state index < -0.39 is 0 Å². The summed E-state index contributed by atoms with van der Waals surface area (Å²) in [5.41, 5.74) is 1.70. The zero-order valence-electron chi connectivity index (χ0n) is 9.75. The molecule has 2 aromatic rings. The largest absolute Gasteiger partial charge is 0.309 e. The first-order valence-electron chi connectivity index (χ1n) is 5.50. The Hall–Kier alpha value is -0.460. The molecule has 94 valence electrons. The summed E-state index contributed by atoms with van der Waals surface area (Å²) in [6.07, 6.45) is 0. The molecule has 0 saturated heterocycles.